The summed E-state index contributed by atoms with van der Waals surface area (Å²) in [5.41, 5.74) is 2.63. The minimum absolute atomic E-state index is 0.862. The van der Waals surface area contributed by atoms with Gasteiger partial charge in [-0.3, -0.25) is 0 Å². The summed E-state index contributed by atoms with van der Waals surface area (Å²) in [4.78, 5) is 2.19. The Balaban J connectivity index is 1.80. The van der Waals surface area contributed by atoms with E-state index < -0.39 is 0 Å². The molecule has 2 nitrogen and oxygen atoms in total. The van der Waals surface area contributed by atoms with Gasteiger partial charge in [-0.05, 0) is 55.6 Å². The molecule has 0 amide bonds. The van der Waals surface area contributed by atoms with Crippen LogP contribution in [0.25, 0.3) is 0 Å². The summed E-state index contributed by atoms with van der Waals surface area (Å²) in [5, 5.41) is 3.54. The second-order valence-corrected chi connectivity index (χ2v) is 6.20. The summed E-state index contributed by atoms with van der Waals surface area (Å²) in [6.45, 7) is 2.14. The summed E-state index contributed by atoms with van der Waals surface area (Å²) in [5.74, 6) is 3.53. The summed E-state index contributed by atoms with van der Waals surface area (Å²) in [6.07, 6.45) is 1.37. The van der Waals surface area contributed by atoms with Crippen molar-refractivity contribution in [1.82, 2.24) is 4.90 Å². The standard InChI is InChI=1S/C14H22N2S/c1-16(2)10-12-3-5-14(6-4-12)15-9-13-7-8-17-11-13/h3-6,13,15H,7-11H2,1-2H3. The van der Waals surface area contributed by atoms with Crippen molar-refractivity contribution < 1.29 is 0 Å². The Morgan fingerprint density at radius 2 is 2.06 bits per heavy atom. The molecular formula is C14H22N2S. The smallest absolute Gasteiger partial charge is 0.0340 e. The average Bonchev–Trinajstić information content (AvgIpc) is 2.80. The quantitative estimate of drug-likeness (QED) is 0.865. The first-order valence-corrected chi connectivity index (χ1v) is 7.45. The van der Waals surface area contributed by atoms with Crippen molar-refractivity contribution in [1.29, 1.82) is 0 Å². The monoisotopic (exact) mass is 250 g/mol. The average molecular weight is 250 g/mol. The molecule has 1 heterocycles. The zero-order valence-corrected chi connectivity index (χ0v) is 11.6. The number of nitrogens with zero attached hydrogens (tertiary/aromatic N) is 1. The minimum Gasteiger partial charge on any atom is -0.385 e. The molecule has 1 saturated heterocycles. The predicted molar refractivity (Wildman–Crippen MR) is 77.8 cm³/mol. The lowest BCUT2D eigenvalue weighted by molar-refractivity contribution is 0.402. The Morgan fingerprint density at radius 1 is 1.29 bits per heavy atom. The van der Waals surface area contributed by atoms with E-state index in [0.717, 1.165) is 19.0 Å². The summed E-state index contributed by atoms with van der Waals surface area (Å²) >= 11 is 2.08. The van der Waals surface area contributed by atoms with E-state index in [1.165, 1.54) is 29.2 Å². The summed E-state index contributed by atoms with van der Waals surface area (Å²) in [6, 6.07) is 8.82. The van der Waals surface area contributed by atoms with Gasteiger partial charge in [0.25, 0.3) is 0 Å². The number of rotatable bonds is 5. The van der Waals surface area contributed by atoms with E-state index >= 15 is 0 Å². The number of hydrogen-bond donors (Lipinski definition) is 1. The van der Waals surface area contributed by atoms with Crippen molar-refractivity contribution in [2.24, 2.45) is 5.92 Å². The van der Waals surface area contributed by atoms with Gasteiger partial charge in [-0.25, -0.2) is 0 Å². The van der Waals surface area contributed by atoms with Gasteiger partial charge >= 0.3 is 0 Å². The SMILES string of the molecule is CN(C)Cc1ccc(NCC2CCSC2)cc1. The van der Waals surface area contributed by atoms with E-state index in [4.69, 9.17) is 0 Å². The van der Waals surface area contributed by atoms with Crippen molar-refractivity contribution in [3.05, 3.63) is 29.8 Å². The van der Waals surface area contributed by atoms with Crippen LogP contribution >= 0.6 is 11.8 Å². The van der Waals surface area contributed by atoms with Gasteiger partial charge in [0.05, 0.1) is 0 Å². The van der Waals surface area contributed by atoms with Gasteiger partial charge in [-0.1, -0.05) is 12.1 Å². The fourth-order valence-electron chi connectivity index (χ4n) is 2.10. The van der Waals surface area contributed by atoms with Crippen LogP contribution in [-0.2, 0) is 6.54 Å². The van der Waals surface area contributed by atoms with E-state index in [1.54, 1.807) is 0 Å². The second kappa shape index (κ2) is 6.31. The molecule has 1 fully saturated rings. The van der Waals surface area contributed by atoms with Crippen molar-refractivity contribution >= 4 is 17.4 Å². The molecule has 1 aliphatic rings. The molecule has 1 aromatic carbocycles. The Hall–Kier alpha value is -0.670. The maximum atomic E-state index is 3.54. The molecule has 1 aromatic rings. The molecule has 0 bridgehead atoms. The summed E-state index contributed by atoms with van der Waals surface area (Å²) in [7, 11) is 4.20. The molecule has 1 aliphatic heterocycles. The number of thioether (sulfide) groups is 1. The molecule has 1 atom stereocenters. The van der Waals surface area contributed by atoms with Gasteiger partial charge in [0.1, 0.15) is 0 Å². The van der Waals surface area contributed by atoms with Gasteiger partial charge in [-0.15, -0.1) is 0 Å². The molecular weight excluding hydrogens is 228 g/mol. The van der Waals surface area contributed by atoms with Crippen LogP contribution in [0.5, 0.6) is 0 Å². The third kappa shape index (κ3) is 4.25. The number of anilines is 1. The lowest BCUT2D eigenvalue weighted by Crippen LogP contribution is -2.13. The van der Waals surface area contributed by atoms with E-state index in [-0.39, 0.29) is 0 Å². The number of nitrogens with one attached hydrogen (secondary N) is 1. The Labute approximate surface area is 109 Å². The Morgan fingerprint density at radius 3 is 2.65 bits per heavy atom. The van der Waals surface area contributed by atoms with Gasteiger partial charge in [-0.2, -0.15) is 11.8 Å². The van der Waals surface area contributed by atoms with Crippen LogP contribution in [0.4, 0.5) is 5.69 Å². The van der Waals surface area contributed by atoms with Crippen molar-refractivity contribution in [2.45, 2.75) is 13.0 Å². The van der Waals surface area contributed by atoms with Crippen molar-refractivity contribution in [3.8, 4) is 0 Å². The highest BCUT2D eigenvalue weighted by Gasteiger charge is 2.14. The van der Waals surface area contributed by atoms with Crippen LogP contribution in [0.15, 0.2) is 24.3 Å². The zero-order chi connectivity index (χ0) is 12.1. The predicted octanol–water partition coefficient (Wildman–Crippen LogP) is 2.91. The van der Waals surface area contributed by atoms with Crippen LogP contribution < -0.4 is 5.32 Å². The van der Waals surface area contributed by atoms with Gasteiger partial charge < -0.3 is 10.2 Å². The molecule has 1 unspecified atom stereocenters. The minimum atomic E-state index is 0.862. The maximum absolute atomic E-state index is 3.54. The van der Waals surface area contributed by atoms with Crippen LogP contribution in [0.2, 0.25) is 0 Å². The van der Waals surface area contributed by atoms with Crippen molar-refractivity contribution in [3.63, 3.8) is 0 Å². The highest BCUT2D eigenvalue weighted by atomic mass is 32.2. The van der Waals surface area contributed by atoms with Gasteiger partial charge in [0.15, 0.2) is 0 Å². The van der Waals surface area contributed by atoms with Crippen LogP contribution in [0.3, 0.4) is 0 Å². The first-order chi connectivity index (χ1) is 8.24. The van der Waals surface area contributed by atoms with E-state index in [9.17, 15) is 0 Å². The third-order valence-electron chi connectivity index (χ3n) is 3.07. The topological polar surface area (TPSA) is 15.3 Å². The molecule has 0 aliphatic carbocycles. The summed E-state index contributed by atoms with van der Waals surface area (Å²) < 4.78 is 0. The van der Waals surface area contributed by atoms with E-state index in [0.29, 0.717) is 0 Å². The first kappa shape index (κ1) is 12.8. The molecule has 1 N–H and O–H groups in total. The third-order valence-corrected chi connectivity index (χ3v) is 4.30. The number of benzene rings is 1. The number of hydrogen-bond acceptors (Lipinski definition) is 3. The van der Waals surface area contributed by atoms with E-state index in [2.05, 4.69) is 60.3 Å². The lowest BCUT2D eigenvalue weighted by Gasteiger charge is -2.13. The molecule has 0 saturated carbocycles. The fourth-order valence-corrected chi connectivity index (χ4v) is 3.38. The fraction of sp³-hybridized carbons (Fsp3) is 0.571. The Bertz CT molecular complexity index is 329. The van der Waals surface area contributed by atoms with Gasteiger partial charge in [0.2, 0.25) is 0 Å². The molecule has 17 heavy (non-hydrogen) atoms. The van der Waals surface area contributed by atoms with Crippen LogP contribution in [0.1, 0.15) is 12.0 Å². The molecule has 0 radical (unpaired) electrons. The largest absolute Gasteiger partial charge is 0.385 e. The van der Waals surface area contributed by atoms with Crippen LogP contribution in [0, 0.1) is 5.92 Å². The normalized spacial score (nSPS) is 19.8. The first-order valence-electron chi connectivity index (χ1n) is 6.29. The maximum Gasteiger partial charge on any atom is 0.0340 e. The molecule has 2 rings (SSSR count). The lowest BCUT2D eigenvalue weighted by atomic mass is 10.1. The highest BCUT2D eigenvalue weighted by molar-refractivity contribution is 7.99. The van der Waals surface area contributed by atoms with Crippen molar-refractivity contribution in [2.75, 3.05) is 37.5 Å². The van der Waals surface area contributed by atoms with E-state index in [1.807, 2.05) is 0 Å². The molecule has 94 valence electrons. The van der Waals surface area contributed by atoms with Crippen LogP contribution in [-0.4, -0.2) is 37.0 Å². The molecule has 3 heteroatoms. The zero-order valence-electron chi connectivity index (χ0n) is 10.8. The second-order valence-electron chi connectivity index (χ2n) is 5.05. The molecule has 0 spiro atoms. The Kier molecular flexibility index (Phi) is 4.75. The highest BCUT2D eigenvalue weighted by Crippen LogP contribution is 2.23. The van der Waals surface area contributed by atoms with Gasteiger partial charge in [0, 0.05) is 18.8 Å². The molecule has 0 aromatic heterocycles.